The Labute approximate surface area is 132 Å². The molecule has 1 aromatic rings. The van der Waals surface area contributed by atoms with Gasteiger partial charge in [-0.05, 0) is 25.3 Å². The van der Waals surface area contributed by atoms with Gasteiger partial charge in [-0.3, -0.25) is 0 Å². The highest BCUT2D eigenvalue weighted by Gasteiger charge is 2.36. The van der Waals surface area contributed by atoms with Crippen LogP contribution in [0.1, 0.15) is 38.4 Å². The molecular formula is C13H17NO6S2. The van der Waals surface area contributed by atoms with Crippen LogP contribution in [0.4, 0.5) is 0 Å². The average molecular weight is 347 g/mol. The largest absolute Gasteiger partial charge is 0.465 e. The number of hydrogen-bond donors (Lipinski definition) is 0. The zero-order valence-electron chi connectivity index (χ0n) is 12.5. The molecule has 0 radical (unpaired) electrons. The van der Waals surface area contributed by atoms with Crippen LogP contribution in [0.15, 0.2) is 4.21 Å². The minimum absolute atomic E-state index is 0.0835. The molecule has 0 saturated carbocycles. The highest BCUT2D eigenvalue weighted by atomic mass is 32.2. The fourth-order valence-electron chi connectivity index (χ4n) is 2.34. The van der Waals surface area contributed by atoms with E-state index in [2.05, 4.69) is 9.47 Å². The van der Waals surface area contributed by atoms with Crippen LogP contribution < -0.4 is 0 Å². The maximum atomic E-state index is 12.7. The summed E-state index contributed by atoms with van der Waals surface area (Å²) in [6.07, 6.45) is 1.56. The van der Waals surface area contributed by atoms with Crippen LogP contribution in [-0.4, -0.2) is 52.0 Å². The Balaban J connectivity index is 2.63. The summed E-state index contributed by atoms with van der Waals surface area (Å²) in [6.45, 7) is 2.33. The molecule has 0 aromatic carbocycles. The fraction of sp³-hybridized carbons (Fsp3) is 0.538. The van der Waals surface area contributed by atoms with Crippen molar-refractivity contribution in [3.05, 3.63) is 16.0 Å². The monoisotopic (exact) mass is 347 g/mol. The second-order valence-electron chi connectivity index (χ2n) is 4.81. The maximum Gasteiger partial charge on any atom is 0.348 e. The van der Waals surface area contributed by atoms with Crippen molar-refractivity contribution >= 4 is 33.3 Å². The molecule has 7 nitrogen and oxygen atoms in total. The Morgan fingerprint density at radius 1 is 1.09 bits per heavy atom. The van der Waals surface area contributed by atoms with Crippen LogP contribution in [0.25, 0.3) is 0 Å². The molecule has 1 aliphatic heterocycles. The summed E-state index contributed by atoms with van der Waals surface area (Å²) in [4.78, 5) is 23.9. The van der Waals surface area contributed by atoms with Gasteiger partial charge in [0.2, 0.25) is 0 Å². The molecular weight excluding hydrogens is 330 g/mol. The van der Waals surface area contributed by atoms with Crippen LogP contribution >= 0.6 is 11.3 Å². The quantitative estimate of drug-likeness (QED) is 0.765. The van der Waals surface area contributed by atoms with Crippen molar-refractivity contribution in [2.24, 2.45) is 0 Å². The number of sulfonamides is 1. The van der Waals surface area contributed by atoms with Crippen molar-refractivity contribution in [1.29, 1.82) is 0 Å². The number of thiophene rings is 1. The summed E-state index contributed by atoms with van der Waals surface area (Å²) in [5.41, 5.74) is 0.182. The van der Waals surface area contributed by atoms with E-state index < -0.39 is 22.0 Å². The third-order valence-corrected chi connectivity index (χ3v) is 7.18. The van der Waals surface area contributed by atoms with Gasteiger partial charge in [-0.15, -0.1) is 11.3 Å². The lowest BCUT2D eigenvalue weighted by Gasteiger charge is -2.15. The second kappa shape index (κ2) is 6.35. The summed E-state index contributed by atoms with van der Waals surface area (Å²) in [6, 6.07) is 0. The van der Waals surface area contributed by atoms with Crippen molar-refractivity contribution in [3.8, 4) is 0 Å². The first-order valence-corrected chi connectivity index (χ1v) is 8.90. The molecule has 22 heavy (non-hydrogen) atoms. The molecule has 122 valence electrons. The summed E-state index contributed by atoms with van der Waals surface area (Å²) in [5.74, 6) is -1.45. The van der Waals surface area contributed by atoms with E-state index in [1.807, 2.05) is 0 Å². The lowest BCUT2D eigenvalue weighted by atomic mass is 10.2. The zero-order valence-corrected chi connectivity index (χ0v) is 14.2. The van der Waals surface area contributed by atoms with E-state index in [1.165, 1.54) is 25.4 Å². The first kappa shape index (κ1) is 16.9. The van der Waals surface area contributed by atoms with Gasteiger partial charge in [0.15, 0.2) is 4.21 Å². The summed E-state index contributed by atoms with van der Waals surface area (Å²) < 4.78 is 36.0. The van der Waals surface area contributed by atoms with Crippen molar-refractivity contribution in [2.75, 3.05) is 27.3 Å². The minimum atomic E-state index is -3.82. The number of ether oxygens (including phenoxy) is 2. The van der Waals surface area contributed by atoms with Gasteiger partial charge < -0.3 is 9.47 Å². The van der Waals surface area contributed by atoms with Gasteiger partial charge in [-0.25, -0.2) is 18.0 Å². The van der Waals surface area contributed by atoms with Crippen molar-refractivity contribution in [3.63, 3.8) is 0 Å². The first-order chi connectivity index (χ1) is 10.3. The molecule has 0 aliphatic carbocycles. The van der Waals surface area contributed by atoms with Gasteiger partial charge in [0.25, 0.3) is 10.0 Å². The van der Waals surface area contributed by atoms with E-state index in [-0.39, 0.29) is 20.2 Å². The van der Waals surface area contributed by atoms with E-state index in [1.54, 1.807) is 0 Å². The summed E-state index contributed by atoms with van der Waals surface area (Å²) in [5, 5.41) is 0. The van der Waals surface area contributed by atoms with Gasteiger partial charge in [-0.2, -0.15) is 4.31 Å². The topological polar surface area (TPSA) is 90.0 Å². The zero-order chi connectivity index (χ0) is 16.5. The number of rotatable bonds is 4. The standard InChI is InChI=1S/C13H17NO6S2/c1-8-9(11(15)19-2)13(21-10(8)12(16)20-3)22(17,18)14-6-4-5-7-14/h4-7H2,1-3H3. The molecule has 2 heterocycles. The molecule has 0 N–H and O–H groups in total. The number of methoxy groups -OCH3 is 2. The Kier molecular flexibility index (Phi) is 4.88. The molecule has 0 spiro atoms. The minimum Gasteiger partial charge on any atom is -0.465 e. The molecule has 0 unspecified atom stereocenters. The van der Waals surface area contributed by atoms with E-state index >= 15 is 0 Å². The highest BCUT2D eigenvalue weighted by Crippen LogP contribution is 2.35. The van der Waals surface area contributed by atoms with E-state index in [0.717, 1.165) is 24.2 Å². The third-order valence-electron chi connectivity index (χ3n) is 3.51. The molecule has 1 aliphatic rings. The van der Waals surface area contributed by atoms with E-state index in [4.69, 9.17) is 0 Å². The Hall–Kier alpha value is -1.45. The smallest absolute Gasteiger partial charge is 0.348 e. The molecule has 0 amide bonds. The molecule has 0 bridgehead atoms. The molecule has 1 saturated heterocycles. The SMILES string of the molecule is COC(=O)c1sc(S(=O)(=O)N2CCCC2)c(C(=O)OC)c1C. The number of esters is 2. The van der Waals surface area contributed by atoms with E-state index in [0.29, 0.717) is 13.1 Å². The molecule has 0 atom stereocenters. The number of carbonyl (C=O) groups is 2. The van der Waals surface area contributed by atoms with Crippen LogP contribution in [0.3, 0.4) is 0 Å². The second-order valence-corrected chi connectivity index (χ2v) is 7.97. The van der Waals surface area contributed by atoms with Gasteiger partial charge >= 0.3 is 11.9 Å². The Morgan fingerprint density at radius 2 is 1.64 bits per heavy atom. The summed E-state index contributed by atoms with van der Waals surface area (Å²) in [7, 11) is -1.45. The lowest BCUT2D eigenvalue weighted by Crippen LogP contribution is -2.28. The van der Waals surface area contributed by atoms with E-state index in [9.17, 15) is 18.0 Å². The van der Waals surface area contributed by atoms with Crippen LogP contribution in [0, 0.1) is 6.92 Å². The van der Waals surface area contributed by atoms with Crippen molar-refractivity contribution in [2.45, 2.75) is 24.0 Å². The van der Waals surface area contributed by atoms with Crippen molar-refractivity contribution in [1.82, 2.24) is 4.31 Å². The van der Waals surface area contributed by atoms with Gasteiger partial charge in [0.1, 0.15) is 4.88 Å². The lowest BCUT2D eigenvalue weighted by molar-refractivity contribution is 0.0596. The molecule has 1 aromatic heterocycles. The normalized spacial score (nSPS) is 15.8. The van der Waals surface area contributed by atoms with Gasteiger partial charge in [0.05, 0.1) is 19.8 Å². The fourth-order valence-corrected chi connectivity index (χ4v) is 5.74. The van der Waals surface area contributed by atoms with Crippen LogP contribution in [0.5, 0.6) is 0 Å². The average Bonchev–Trinajstić information content (AvgIpc) is 3.14. The van der Waals surface area contributed by atoms with Crippen LogP contribution in [-0.2, 0) is 19.5 Å². The van der Waals surface area contributed by atoms with Gasteiger partial charge in [-0.1, -0.05) is 0 Å². The number of carbonyl (C=O) groups excluding carboxylic acids is 2. The third kappa shape index (κ3) is 2.75. The Bertz CT molecular complexity index is 700. The highest BCUT2D eigenvalue weighted by molar-refractivity contribution is 7.91. The van der Waals surface area contributed by atoms with Gasteiger partial charge in [0, 0.05) is 13.1 Å². The predicted molar refractivity (Wildman–Crippen MR) is 79.7 cm³/mol. The van der Waals surface area contributed by atoms with Crippen molar-refractivity contribution < 1.29 is 27.5 Å². The Morgan fingerprint density at radius 3 is 2.14 bits per heavy atom. The molecule has 9 heteroatoms. The van der Waals surface area contributed by atoms with Crippen LogP contribution in [0.2, 0.25) is 0 Å². The predicted octanol–water partition coefficient (Wildman–Crippen LogP) is 1.41. The number of hydrogen-bond acceptors (Lipinski definition) is 7. The maximum absolute atomic E-state index is 12.7. The summed E-state index contributed by atoms with van der Waals surface area (Å²) >= 11 is 0.751. The first-order valence-electron chi connectivity index (χ1n) is 6.64. The molecule has 1 fully saturated rings. The number of nitrogens with zero attached hydrogens (tertiary/aromatic N) is 1. The molecule has 2 rings (SSSR count).